The number of benzene rings is 1. The molecule has 3 unspecified atom stereocenters. The summed E-state index contributed by atoms with van der Waals surface area (Å²) in [6, 6.07) is 7.17. The smallest absolute Gasteiger partial charge is 0.260 e. The van der Waals surface area contributed by atoms with Gasteiger partial charge < -0.3 is 9.64 Å². The molecule has 2 fully saturated rings. The van der Waals surface area contributed by atoms with Gasteiger partial charge in [0.15, 0.2) is 6.61 Å². The highest BCUT2D eigenvalue weighted by Gasteiger charge is 2.36. The van der Waals surface area contributed by atoms with Crippen molar-refractivity contribution in [3.8, 4) is 5.75 Å². The summed E-state index contributed by atoms with van der Waals surface area (Å²) in [6.07, 6.45) is 7.54. The number of carbonyl (C=O) groups is 1. The molecule has 1 amide bonds. The molecule has 5 heteroatoms. The van der Waals surface area contributed by atoms with E-state index in [1.165, 1.54) is 19.4 Å². The quantitative estimate of drug-likeness (QED) is 0.756. The Balaban J connectivity index is 1.20. The highest BCUT2D eigenvalue weighted by Crippen LogP contribution is 2.43. The Kier molecular flexibility index (Phi) is 5.00. The minimum absolute atomic E-state index is 0.0579. The van der Waals surface area contributed by atoms with E-state index >= 15 is 0 Å². The number of rotatable bonds is 5. The van der Waals surface area contributed by atoms with Gasteiger partial charge in [-0.1, -0.05) is 29.8 Å². The Bertz CT molecular complexity index is 655. The SMILES string of the molecule is O=C(COc1cccc(Cl)c1)N1CCN(CC2CC3C=CC2C3)CC1. The van der Waals surface area contributed by atoms with Crippen molar-refractivity contribution in [2.45, 2.75) is 12.8 Å². The van der Waals surface area contributed by atoms with Gasteiger partial charge in [-0.3, -0.25) is 9.69 Å². The molecule has 0 radical (unpaired) electrons. The minimum Gasteiger partial charge on any atom is -0.484 e. The third-order valence-electron chi connectivity index (χ3n) is 5.79. The normalized spacial score (nSPS) is 28.5. The lowest BCUT2D eigenvalue weighted by atomic mass is 9.93. The number of carbonyl (C=O) groups excluding carboxylic acids is 1. The molecular weight excluding hydrogens is 336 g/mol. The zero-order valence-corrected chi connectivity index (χ0v) is 15.2. The molecule has 3 atom stereocenters. The third-order valence-corrected chi connectivity index (χ3v) is 6.03. The van der Waals surface area contributed by atoms with Gasteiger partial charge >= 0.3 is 0 Å². The van der Waals surface area contributed by atoms with Crippen LogP contribution in [-0.2, 0) is 4.79 Å². The van der Waals surface area contributed by atoms with Crippen LogP contribution < -0.4 is 4.74 Å². The highest BCUT2D eigenvalue weighted by atomic mass is 35.5. The van der Waals surface area contributed by atoms with Gasteiger partial charge in [-0.05, 0) is 48.8 Å². The van der Waals surface area contributed by atoms with Crippen molar-refractivity contribution in [2.24, 2.45) is 17.8 Å². The minimum atomic E-state index is 0.0579. The fourth-order valence-corrected chi connectivity index (χ4v) is 4.59. The van der Waals surface area contributed by atoms with E-state index in [0.717, 1.165) is 43.9 Å². The number of ether oxygens (including phenoxy) is 1. The van der Waals surface area contributed by atoms with Crippen molar-refractivity contribution in [2.75, 3.05) is 39.3 Å². The molecule has 2 aliphatic carbocycles. The Morgan fingerprint density at radius 2 is 2.00 bits per heavy atom. The zero-order chi connectivity index (χ0) is 17.2. The lowest BCUT2D eigenvalue weighted by Crippen LogP contribution is -2.51. The van der Waals surface area contributed by atoms with Crippen LogP contribution in [0.15, 0.2) is 36.4 Å². The first kappa shape index (κ1) is 16.9. The summed E-state index contributed by atoms with van der Waals surface area (Å²) in [5, 5.41) is 0.619. The van der Waals surface area contributed by atoms with E-state index in [1.54, 1.807) is 12.1 Å². The maximum Gasteiger partial charge on any atom is 0.260 e. The summed E-state index contributed by atoms with van der Waals surface area (Å²) < 4.78 is 5.57. The molecule has 1 aromatic rings. The first-order valence-electron chi connectivity index (χ1n) is 9.24. The van der Waals surface area contributed by atoms with Gasteiger partial charge in [0.1, 0.15) is 5.75 Å². The van der Waals surface area contributed by atoms with Crippen LogP contribution in [0.4, 0.5) is 0 Å². The predicted octanol–water partition coefficient (Wildman–Crippen LogP) is 3.08. The van der Waals surface area contributed by atoms with E-state index in [2.05, 4.69) is 17.1 Å². The van der Waals surface area contributed by atoms with Gasteiger partial charge in [0.2, 0.25) is 0 Å². The van der Waals surface area contributed by atoms with Gasteiger partial charge in [0.25, 0.3) is 5.91 Å². The molecule has 0 spiro atoms. The predicted molar refractivity (Wildman–Crippen MR) is 98.8 cm³/mol. The first-order valence-corrected chi connectivity index (χ1v) is 9.62. The molecule has 1 aliphatic heterocycles. The third kappa shape index (κ3) is 4.01. The fourth-order valence-electron chi connectivity index (χ4n) is 4.41. The van der Waals surface area contributed by atoms with Gasteiger partial charge in [-0.2, -0.15) is 0 Å². The molecule has 0 N–H and O–H groups in total. The second kappa shape index (κ2) is 7.38. The monoisotopic (exact) mass is 360 g/mol. The Labute approximate surface area is 154 Å². The molecule has 1 heterocycles. The summed E-state index contributed by atoms with van der Waals surface area (Å²) in [4.78, 5) is 16.8. The van der Waals surface area contributed by atoms with Crippen molar-refractivity contribution in [3.05, 3.63) is 41.4 Å². The average Bonchev–Trinajstić information content (AvgIpc) is 3.23. The molecule has 0 aromatic heterocycles. The van der Waals surface area contributed by atoms with Crippen LogP contribution in [-0.4, -0.2) is 55.0 Å². The number of allylic oxidation sites excluding steroid dienone is 2. The number of fused-ring (bicyclic) bond motifs is 2. The first-order chi connectivity index (χ1) is 12.2. The lowest BCUT2D eigenvalue weighted by molar-refractivity contribution is -0.135. The van der Waals surface area contributed by atoms with Crippen LogP contribution in [0.5, 0.6) is 5.75 Å². The molecule has 134 valence electrons. The Hall–Kier alpha value is -1.52. The van der Waals surface area contributed by atoms with E-state index < -0.39 is 0 Å². The maximum atomic E-state index is 12.4. The Morgan fingerprint density at radius 3 is 2.68 bits per heavy atom. The lowest BCUT2D eigenvalue weighted by Gasteiger charge is -2.36. The van der Waals surface area contributed by atoms with E-state index in [-0.39, 0.29) is 12.5 Å². The zero-order valence-electron chi connectivity index (χ0n) is 14.4. The second-order valence-electron chi connectivity index (χ2n) is 7.47. The maximum absolute atomic E-state index is 12.4. The van der Waals surface area contributed by atoms with Crippen molar-refractivity contribution >= 4 is 17.5 Å². The molecule has 1 saturated carbocycles. The summed E-state index contributed by atoms with van der Waals surface area (Å²) >= 11 is 5.93. The molecule has 1 aromatic carbocycles. The van der Waals surface area contributed by atoms with Crippen LogP contribution in [0, 0.1) is 17.8 Å². The van der Waals surface area contributed by atoms with E-state index in [0.29, 0.717) is 10.8 Å². The van der Waals surface area contributed by atoms with Crippen LogP contribution in [0.3, 0.4) is 0 Å². The number of nitrogens with zero attached hydrogens (tertiary/aromatic N) is 2. The van der Waals surface area contributed by atoms with Crippen molar-refractivity contribution < 1.29 is 9.53 Å². The van der Waals surface area contributed by atoms with Gasteiger partial charge in [0.05, 0.1) is 0 Å². The molecular formula is C20H25ClN2O2. The van der Waals surface area contributed by atoms with Crippen molar-refractivity contribution in [1.29, 1.82) is 0 Å². The van der Waals surface area contributed by atoms with Gasteiger partial charge in [-0.25, -0.2) is 0 Å². The van der Waals surface area contributed by atoms with Crippen molar-refractivity contribution in [1.82, 2.24) is 9.80 Å². The topological polar surface area (TPSA) is 32.8 Å². The van der Waals surface area contributed by atoms with Crippen LogP contribution in [0.25, 0.3) is 0 Å². The molecule has 3 aliphatic rings. The summed E-state index contributed by atoms with van der Waals surface area (Å²) in [6.45, 7) is 4.81. The number of piperazine rings is 1. The van der Waals surface area contributed by atoms with E-state index in [4.69, 9.17) is 16.3 Å². The highest BCUT2D eigenvalue weighted by molar-refractivity contribution is 6.30. The largest absolute Gasteiger partial charge is 0.484 e. The summed E-state index contributed by atoms with van der Waals surface area (Å²) in [5.74, 6) is 3.16. The van der Waals surface area contributed by atoms with Gasteiger partial charge in [-0.15, -0.1) is 0 Å². The number of hydrogen-bond acceptors (Lipinski definition) is 3. The van der Waals surface area contributed by atoms with Crippen molar-refractivity contribution in [3.63, 3.8) is 0 Å². The van der Waals surface area contributed by atoms with Crippen LogP contribution in [0.2, 0.25) is 5.02 Å². The standard InChI is InChI=1S/C20H25ClN2O2/c21-18-2-1-3-19(12-18)25-14-20(24)23-8-6-22(7-9-23)13-17-11-15-4-5-16(17)10-15/h1-5,12,15-17H,6-11,13-14H2. The van der Waals surface area contributed by atoms with Crippen LogP contribution in [0.1, 0.15) is 12.8 Å². The Morgan fingerprint density at radius 1 is 1.16 bits per heavy atom. The molecule has 1 saturated heterocycles. The van der Waals surface area contributed by atoms with E-state index in [1.807, 2.05) is 17.0 Å². The fraction of sp³-hybridized carbons (Fsp3) is 0.550. The molecule has 4 rings (SSSR count). The summed E-state index contributed by atoms with van der Waals surface area (Å²) in [7, 11) is 0. The summed E-state index contributed by atoms with van der Waals surface area (Å²) in [5.41, 5.74) is 0. The van der Waals surface area contributed by atoms with E-state index in [9.17, 15) is 4.79 Å². The van der Waals surface area contributed by atoms with Crippen LogP contribution >= 0.6 is 11.6 Å². The number of amides is 1. The number of halogens is 1. The molecule has 4 nitrogen and oxygen atoms in total. The second-order valence-corrected chi connectivity index (χ2v) is 7.90. The average molecular weight is 361 g/mol. The molecule has 2 bridgehead atoms. The van der Waals surface area contributed by atoms with Gasteiger partial charge in [0, 0.05) is 37.7 Å². The number of hydrogen-bond donors (Lipinski definition) is 0. The molecule has 25 heavy (non-hydrogen) atoms.